The lowest BCUT2D eigenvalue weighted by molar-refractivity contribution is 0.0930. The molecule has 1 atom stereocenters. The molecule has 1 unspecified atom stereocenters. The van der Waals surface area contributed by atoms with Gasteiger partial charge in [-0.3, -0.25) is 9.78 Å². The summed E-state index contributed by atoms with van der Waals surface area (Å²) in [4.78, 5) is 21.4. The van der Waals surface area contributed by atoms with Gasteiger partial charge in [0.1, 0.15) is 12.7 Å². The molecule has 1 aliphatic rings. The second-order valence-corrected chi connectivity index (χ2v) is 6.40. The van der Waals surface area contributed by atoms with Crippen molar-refractivity contribution < 1.29 is 4.79 Å². The maximum absolute atomic E-state index is 13.0. The highest BCUT2D eigenvalue weighted by molar-refractivity contribution is 5.98. The second kappa shape index (κ2) is 6.47. The summed E-state index contributed by atoms with van der Waals surface area (Å²) in [7, 11) is 0. The number of para-hydroxylation sites is 1. The van der Waals surface area contributed by atoms with E-state index < -0.39 is 0 Å². The Labute approximate surface area is 145 Å². The van der Waals surface area contributed by atoms with Crippen LogP contribution in [0.5, 0.6) is 0 Å². The summed E-state index contributed by atoms with van der Waals surface area (Å²) >= 11 is 0. The highest BCUT2D eigenvalue weighted by Crippen LogP contribution is 2.40. The first-order chi connectivity index (χ1) is 12.2. The van der Waals surface area contributed by atoms with E-state index in [1.807, 2.05) is 37.3 Å². The van der Waals surface area contributed by atoms with Gasteiger partial charge in [-0.15, -0.1) is 0 Å². The third-order valence-corrected chi connectivity index (χ3v) is 4.45. The molecule has 126 valence electrons. The molecule has 1 N–H and O–H groups in total. The van der Waals surface area contributed by atoms with Gasteiger partial charge in [0.2, 0.25) is 0 Å². The maximum Gasteiger partial charge on any atom is 0.254 e. The predicted octanol–water partition coefficient (Wildman–Crippen LogP) is 2.85. The molecule has 1 fully saturated rings. The number of nitrogens with zero attached hydrogens (tertiary/aromatic N) is 4. The van der Waals surface area contributed by atoms with Crippen LogP contribution in [0.1, 0.15) is 40.5 Å². The van der Waals surface area contributed by atoms with Crippen LogP contribution in [0.15, 0.2) is 55.2 Å². The largest absolute Gasteiger partial charge is 0.343 e. The molecule has 0 spiro atoms. The van der Waals surface area contributed by atoms with Gasteiger partial charge in [0, 0.05) is 6.20 Å². The molecule has 1 amide bonds. The van der Waals surface area contributed by atoms with Crippen molar-refractivity contribution in [2.75, 3.05) is 0 Å². The molecule has 6 nitrogen and oxygen atoms in total. The average Bonchev–Trinajstić information content (AvgIpc) is 3.32. The van der Waals surface area contributed by atoms with Gasteiger partial charge in [-0.2, -0.15) is 5.10 Å². The number of aryl methyl sites for hydroxylation is 1. The van der Waals surface area contributed by atoms with E-state index in [0.29, 0.717) is 17.2 Å². The SMILES string of the molecule is Cc1ccnc(C(NC(=O)c2ccccc2-n2cncn2)C2CC2)c1. The van der Waals surface area contributed by atoms with Gasteiger partial charge in [0.25, 0.3) is 5.91 Å². The van der Waals surface area contributed by atoms with Crippen molar-refractivity contribution in [1.82, 2.24) is 25.1 Å². The molecular weight excluding hydrogens is 314 g/mol. The summed E-state index contributed by atoms with van der Waals surface area (Å²) in [6, 6.07) is 11.4. The fourth-order valence-corrected chi connectivity index (χ4v) is 3.01. The summed E-state index contributed by atoms with van der Waals surface area (Å²) in [5, 5.41) is 7.32. The van der Waals surface area contributed by atoms with Gasteiger partial charge in [-0.05, 0) is 55.5 Å². The number of nitrogens with one attached hydrogen (secondary N) is 1. The van der Waals surface area contributed by atoms with Crippen LogP contribution in [0.3, 0.4) is 0 Å². The Morgan fingerprint density at radius 3 is 2.84 bits per heavy atom. The highest BCUT2D eigenvalue weighted by atomic mass is 16.1. The fraction of sp³-hybridized carbons (Fsp3) is 0.263. The molecule has 2 heterocycles. The maximum atomic E-state index is 13.0. The molecule has 0 saturated heterocycles. The summed E-state index contributed by atoms with van der Waals surface area (Å²) < 4.78 is 1.60. The molecule has 0 bridgehead atoms. The number of pyridine rings is 1. The number of carbonyl (C=O) groups is 1. The minimum Gasteiger partial charge on any atom is -0.343 e. The first-order valence-electron chi connectivity index (χ1n) is 8.40. The monoisotopic (exact) mass is 333 g/mol. The number of aromatic nitrogens is 4. The van der Waals surface area contributed by atoms with Crippen LogP contribution < -0.4 is 5.32 Å². The van der Waals surface area contributed by atoms with Crippen LogP contribution in [-0.2, 0) is 0 Å². The lowest BCUT2D eigenvalue weighted by Gasteiger charge is -2.19. The van der Waals surface area contributed by atoms with E-state index in [1.54, 1.807) is 23.3 Å². The van der Waals surface area contributed by atoms with Crippen LogP contribution in [-0.4, -0.2) is 25.7 Å². The van der Waals surface area contributed by atoms with Crippen LogP contribution in [0.4, 0.5) is 0 Å². The Morgan fingerprint density at radius 2 is 2.12 bits per heavy atom. The molecule has 2 aromatic heterocycles. The smallest absolute Gasteiger partial charge is 0.254 e. The first-order valence-corrected chi connectivity index (χ1v) is 8.40. The van der Waals surface area contributed by atoms with Crippen molar-refractivity contribution in [2.24, 2.45) is 5.92 Å². The predicted molar refractivity (Wildman–Crippen MR) is 93.3 cm³/mol. The minimum absolute atomic E-state index is 0.0591. The molecule has 1 aromatic carbocycles. The lowest BCUT2D eigenvalue weighted by Crippen LogP contribution is -2.31. The van der Waals surface area contributed by atoms with Gasteiger partial charge in [0.05, 0.1) is 23.0 Å². The van der Waals surface area contributed by atoms with E-state index in [2.05, 4.69) is 20.4 Å². The van der Waals surface area contributed by atoms with Crippen molar-refractivity contribution >= 4 is 5.91 Å². The zero-order chi connectivity index (χ0) is 17.2. The Bertz CT molecular complexity index is 886. The number of amides is 1. The molecule has 25 heavy (non-hydrogen) atoms. The Hall–Kier alpha value is -3.02. The number of benzene rings is 1. The molecule has 6 heteroatoms. The molecule has 0 radical (unpaired) electrons. The van der Waals surface area contributed by atoms with Crippen molar-refractivity contribution in [3.63, 3.8) is 0 Å². The van der Waals surface area contributed by atoms with Gasteiger partial charge < -0.3 is 5.32 Å². The molecule has 3 aromatic rings. The molecule has 1 saturated carbocycles. The molecule has 0 aliphatic heterocycles. The van der Waals surface area contributed by atoms with Crippen molar-refractivity contribution in [1.29, 1.82) is 0 Å². The summed E-state index contributed by atoms with van der Waals surface area (Å²) in [6.07, 6.45) is 7.08. The highest BCUT2D eigenvalue weighted by Gasteiger charge is 2.34. The third kappa shape index (κ3) is 3.28. The van der Waals surface area contributed by atoms with Crippen molar-refractivity contribution in [3.8, 4) is 5.69 Å². The minimum atomic E-state index is -0.119. The summed E-state index contributed by atoms with van der Waals surface area (Å²) in [5.41, 5.74) is 3.36. The number of carbonyl (C=O) groups excluding carboxylic acids is 1. The second-order valence-electron chi connectivity index (χ2n) is 6.40. The Kier molecular flexibility index (Phi) is 4.01. The first kappa shape index (κ1) is 15.5. The topological polar surface area (TPSA) is 72.7 Å². The van der Waals surface area contributed by atoms with Gasteiger partial charge >= 0.3 is 0 Å². The van der Waals surface area contributed by atoms with Gasteiger partial charge in [0.15, 0.2) is 0 Å². The van der Waals surface area contributed by atoms with E-state index in [4.69, 9.17) is 0 Å². The van der Waals surface area contributed by atoms with Crippen LogP contribution in [0.2, 0.25) is 0 Å². The van der Waals surface area contributed by atoms with E-state index >= 15 is 0 Å². The van der Waals surface area contributed by atoms with E-state index in [1.165, 1.54) is 6.33 Å². The number of hydrogen-bond acceptors (Lipinski definition) is 4. The molecule has 1 aliphatic carbocycles. The quantitative estimate of drug-likeness (QED) is 0.779. The lowest BCUT2D eigenvalue weighted by atomic mass is 10.0. The van der Waals surface area contributed by atoms with E-state index in [0.717, 1.165) is 24.1 Å². The van der Waals surface area contributed by atoms with Gasteiger partial charge in [-0.25, -0.2) is 9.67 Å². The Balaban J connectivity index is 1.63. The molecular formula is C19H19N5O. The van der Waals surface area contributed by atoms with Crippen molar-refractivity contribution in [3.05, 3.63) is 72.1 Å². The summed E-state index contributed by atoms with van der Waals surface area (Å²) in [6.45, 7) is 2.04. The fourth-order valence-electron chi connectivity index (χ4n) is 3.01. The summed E-state index contributed by atoms with van der Waals surface area (Å²) in [5.74, 6) is 0.336. The average molecular weight is 333 g/mol. The Morgan fingerprint density at radius 1 is 1.28 bits per heavy atom. The normalized spacial score (nSPS) is 14.9. The molecule has 4 rings (SSSR count). The number of rotatable bonds is 5. The third-order valence-electron chi connectivity index (χ3n) is 4.45. The van der Waals surface area contributed by atoms with Crippen LogP contribution >= 0.6 is 0 Å². The van der Waals surface area contributed by atoms with Crippen molar-refractivity contribution in [2.45, 2.75) is 25.8 Å². The van der Waals surface area contributed by atoms with E-state index in [9.17, 15) is 4.79 Å². The zero-order valence-corrected chi connectivity index (χ0v) is 14.0. The number of hydrogen-bond donors (Lipinski definition) is 1. The standard InChI is InChI=1S/C19H19N5O/c1-13-8-9-21-16(10-13)18(14-6-7-14)23-19(25)15-4-2-3-5-17(15)24-12-20-11-22-24/h2-5,8-12,14,18H,6-7H2,1H3,(H,23,25). The van der Waals surface area contributed by atoms with E-state index in [-0.39, 0.29) is 11.9 Å². The zero-order valence-electron chi connectivity index (χ0n) is 14.0. The van der Waals surface area contributed by atoms with Crippen LogP contribution in [0.25, 0.3) is 5.69 Å². The van der Waals surface area contributed by atoms with Gasteiger partial charge in [-0.1, -0.05) is 12.1 Å². The van der Waals surface area contributed by atoms with Crippen LogP contribution in [0, 0.1) is 12.8 Å².